The number of benzene rings is 10. The zero-order chi connectivity index (χ0) is 41.8. The largest absolute Gasteiger partial charge is 0.309 e. The van der Waals surface area contributed by atoms with E-state index in [9.17, 15) is 0 Å². The zero-order valence-corrected chi connectivity index (χ0v) is 34.8. The summed E-state index contributed by atoms with van der Waals surface area (Å²) in [6.45, 7) is 0. The average Bonchev–Trinajstić information content (AvgIpc) is 3.67. The lowest BCUT2D eigenvalue weighted by Gasteiger charge is -2.50. The number of hydrogen-bond donors (Lipinski definition) is 0. The van der Waals surface area contributed by atoms with Crippen molar-refractivity contribution in [3.8, 4) is 33.4 Å². The van der Waals surface area contributed by atoms with Gasteiger partial charge in [0, 0.05) is 16.8 Å². The van der Waals surface area contributed by atoms with Crippen LogP contribution < -0.4 is 4.90 Å². The molecule has 0 N–H and O–H groups in total. The molecule has 0 saturated carbocycles. The molecule has 10 aromatic rings. The first-order chi connectivity index (χ1) is 31.3. The quantitative estimate of drug-likeness (QED) is 0.155. The Balaban J connectivity index is 1.17. The van der Waals surface area contributed by atoms with E-state index in [2.05, 4.69) is 266 Å². The molecule has 10 aromatic carbocycles. The molecular formula is C62H43N. The predicted octanol–water partition coefficient (Wildman–Crippen LogP) is 15.5. The Labute approximate surface area is 369 Å². The maximum Gasteiger partial charge on any atom is 0.0720 e. The van der Waals surface area contributed by atoms with Gasteiger partial charge in [-0.25, -0.2) is 0 Å². The Kier molecular flexibility index (Phi) is 8.69. The van der Waals surface area contributed by atoms with Crippen molar-refractivity contribution in [1.29, 1.82) is 0 Å². The van der Waals surface area contributed by atoms with E-state index in [0.29, 0.717) is 0 Å². The summed E-state index contributed by atoms with van der Waals surface area (Å²) in [7, 11) is 0. The third-order valence-electron chi connectivity index (χ3n) is 13.6. The molecule has 0 radical (unpaired) electrons. The van der Waals surface area contributed by atoms with Crippen molar-refractivity contribution in [2.45, 2.75) is 10.8 Å². The Morgan fingerprint density at radius 3 is 1.21 bits per heavy atom. The molecule has 1 nitrogen and oxygen atoms in total. The van der Waals surface area contributed by atoms with Crippen molar-refractivity contribution in [2.75, 3.05) is 4.90 Å². The maximum atomic E-state index is 2.50. The van der Waals surface area contributed by atoms with E-state index < -0.39 is 10.8 Å². The van der Waals surface area contributed by atoms with Crippen molar-refractivity contribution in [1.82, 2.24) is 0 Å². The molecule has 0 bridgehead atoms. The highest BCUT2D eigenvalue weighted by molar-refractivity contribution is 6.00. The minimum Gasteiger partial charge on any atom is -0.309 e. The van der Waals surface area contributed by atoms with Crippen LogP contribution in [0.25, 0.3) is 33.4 Å². The fourth-order valence-corrected chi connectivity index (χ4v) is 11.2. The van der Waals surface area contributed by atoms with Gasteiger partial charge in [-0.2, -0.15) is 0 Å². The Morgan fingerprint density at radius 1 is 0.238 bits per heavy atom. The first-order valence-corrected chi connectivity index (χ1v) is 21.9. The fraction of sp³-hybridized carbons (Fsp3) is 0.0323. The van der Waals surface area contributed by atoms with Crippen LogP contribution in [0.4, 0.5) is 17.1 Å². The van der Waals surface area contributed by atoms with Gasteiger partial charge in [0.2, 0.25) is 0 Å². The van der Waals surface area contributed by atoms with Crippen LogP contribution in [0.2, 0.25) is 0 Å². The lowest BCUT2D eigenvalue weighted by atomic mass is 9.51. The number of para-hydroxylation sites is 1. The minimum absolute atomic E-state index is 0.558. The van der Waals surface area contributed by atoms with Gasteiger partial charge in [-0.15, -0.1) is 0 Å². The van der Waals surface area contributed by atoms with Gasteiger partial charge in [0.15, 0.2) is 0 Å². The molecule has 12 rings (SSSR count). The maximum absolute atomic E-state index is 2.50. The van der Waals surface area contributed by atoms with Crippen molar-refractivity contribution in [3.63, 3.8) is 0 Å². The van der Waals surface area contributed by atoms with Crippen LogP contribution >= 0.6 is 0 Å². The Morgan fingerprint density at radius 2 is 0.635 bits per heavy atom. The smallest absolute Gasteiger partial charge is 0.0720 e. The molecule has 0 fully saturated rings. The van der Waals surface area contributed by atoms with E-state index in [-0.39, 0.29) is 0 Å². The molecule has 0 aliphatic heterocycles. The first kappa shape index (κ1) is 36.8. The van der Waals surface area contributed by atoms with Crippen LogP contribution in [-0.4, -0.2) is 0 Å². The molecule has 2 aliphatic rings. The first-order valence-electron chi connectivity index (χ1n) is 21.9. The summed E-state index contributed by atoms with van der Waals surface area (Å²) in [5.74, 6) is 0. The van der Waals surface area contributed by atoms with E-state index in [1.54, 1.807) is 0 Å². The summed E-state index contributed by atoms with van der Waals surface area (Å²) in [6.07, 6.45) is 0. The van der Waals surface area contributed by atoms with Crippen molar-refractivity contribution >= 4 is 17.1 Å². The summed E-state index contributed by atoms with van der Waals surface area (Å²) in [6, 6.07) is 96.5. The molecule has 1 spiro atoms. The molecule has 1 heteroatoms. The molecule has 0 aromatic heterocycles. The number of nitrogens with zero attached hydrogens (tertiary/aromatic N) is 1. The second-order valence-electron chi connectivity index (χ2n) is 16.7. The monoisotopic (exact) mass is 801 g/mol. The van der Waals surface area contributed by atoms with Crippen molar-refractivity contribution in [3.05, 3.63) is 305 Å². The van der Waals surface area contributed by atoms with Crippen molar-refractivity contribution < 1.29 is 0 Å². The van der Waals surface area contributed by atoms with Crippen LogP contribution in [0.5, 0.6) is 0 Å². The standard InChI is InChI=1S/C62H43N/c1-5-22-44(23-6-1)45-40-42-49(43-41-45)63(58-38-20-14-30-50(58)46-24-7-2-8-25-46)59-39-21-37-57-60(59)51-31-13-15-32-52(51)62(57)55-35-18-16-33-53(55)61(47-26-9-3-10-27-47,48-28-11-4-12-29-48)54-34-17-19-36-56(54)62/h1-43H. The fourth-order valence-electron chi connectivity index (χ4n) is 11.2. The predicted molar refractivity (Wildman–Crippen MR) is 261 cm³/mol. The van der Waals surface area contributed by atoms with E-state index in [1.807, 2.05) is 0 Å². The van der Waals surface area contributed by atoms with E-state index in [4.69, 9.17) is 0 Å². The Bertz CT molecular complexity index is 3170. The van der Waals surface area contributed by atoms with Crippen LogP contribution in [0.15, 0.2) is 261 Å². The topological polar surface area (TPSA) is 3.24 Å². The third-order valence-corrected chi connectivity index (χ3v) is 13.6. The lowest BCUT2D eigenvalue weighted by molar-refractivity contribution is 0.623. The molecule has 0 amide bonds. The second kappa shape index (κ2) is 14.9. The minimum atomic E-state index is -0.607. The number of hydrogen-bond acceptors (Lipinski definition) is 1. The number of anilines is 3. The van der Waals surface area contributed by atoms with Crippen molar-refractivity contribution in [2.24, 2.45) is 0 Å². The lowest BCUT2D eigenvalue weighted by Crippen LogP contribution is -2.44. The summed E-state index contributed by atoms with van der Waals surface area (Å²) in [4.78, 5) is 2.50. The third kappa shape index (κ3) is 5.43. The number of rotatable bonds is 7. The van der Waals surface area contributed by atoms with Crippen LogP contribution in [0.1, 0.15) is 44.5 Å². The summed E-state index contributed by atoms with van der Waals surface area (Å²) in [5.41, 5.74) is 19.8. The molecule has 63 heavy (non-hydrogen) atoms. The van der Waals surface area contributed by atoms with Gasteiger partial charge in [-0.3, -0.25) is 0 Å². The SMILES string of the molecule is c1ccc(-c2ccc(N(c3ccccc3-c3ccccc3)c3cccc4c3-c3ccccc3C43c4ccccc4C(c4ccccc4)(c4ccccc4)c4ccccc43)cc2)cc1. The van der Waals surface area contributed by atoms with E-state index >= 15 is 0 Å². The van der Waals surface area contributed by atoms with Crippen LogP contribution in [0, 0.1) is 0 Å². The normalized spacial score (nSPS) is 13.7. The molecular weight excluding hydrogens is 759 g/mol. The summed E-state index contributed by atoms with van der Waals surface area (Å²) in [5, 5.41) is 0. The van der Waals surface area contributed by atoms with Gasteiger partial charge in [-0.05, 0) is 91.0 Å². The van der Waals surface area contributed by atoms with E-state index in [1.165, 1.54) is 77.9 Å². The van der Waals surface area contributed by atoms with Gasteiger partial charge in [0.1, 0.15) is 0 Å². The molecule has 0 heterocycles. The molecule has 2 aliphatic carbocycles. The highest BCUT2D eigenvalue weighted by Gasteiger charge is 2.57. The summed E-state index contributed by atoms with van der Waals surface area (Å²) < 4.78 is 0. The highest BCUT2D eigenvalue weighted by atomic mass is 15.1. The van der Waals surface area contributed by atoms with Crippen LogP contribution in [0.3, 0.4) is 0 Å². The van der Waals surface area contributed by atoms with Crippen LogP contribution in [-0.2, 0) is 10.8 Å². The molecule has 296 valence electrons. The highest BCUT2D eigenvalue weighted by Crippen LogP contribution is 2.66. The average molecular weight is 802 g/mol. The zero-order valence-electron chi connectivity index (χ0n) is 34.8. The van der Waals surface area contributed by atoms with Gasteiger partial charge < -0.3 is 4.90 Å². The number of fused-ring (bicyclic) bond motifs is 9. The molecule has 0 unspecified atom stereocenters. The van der Waals surface area contributed by atoms with Gasteiger partial charge in [0.05, 0.1) is 22.2 Å². The van der Waals surface area contributed by atoms with E-state index in [0.717, 1.165) is 17.1 Å². The van der Waals surface area contributed by atoms with Gasteiger partial charge in [-0.1, -0.05) is 237 Å². The van der Waals surface area contributed by atoms with Gasteiger partial charge in [0.25, 0.3) is 0 Å². The van der Waals surface area contributed by atoms with Gasteiger partial charge >= 0.3 is 0 Å². The Hall–Kier alpha value is -8.00. The molecule has 0 atom stereocenters. The second-order valence-corrected chi connectivity index (χ2v) is 16.7. The molecule has 0 saturated heterocycles. The summed E-state index contributed by atoms with van der Waals surface area (Å²) >= 11 is 0.